The van der Waals surface area contributed by atoms with Gasteiger partial charge in [0.15, 0.2) is 0 Å². The Morgan fingerprint density at radius 2 is 1.94 bits per heavy atom. The van der Waals surface area contributed by atoms with Gasteiger partial charge in [-0.05, 0) is 69.5 Å². The molecule has 1 saturated heterocycles. The monoisotopic (exact) mass is 503 g/mol. The molecule has 2 fully saturated rings. The lowest BCUT2D eigenvalue weighted by Crippen LogP contribution is -2.56. The van der Waals surface area contributed by atoms with Crippen molar-refractivity contribution in [2.24, 2.45) is 5.92 Å². The van der Waals surface area contributed by atoms with Crippen LogP contribution in [0.5, 0.6) is 0 Å². The molecule has 6 nitrogen and oxygen atoms in total. The van der Waals surface area contributed by atoms with E-state index in [9.17, 15) is 13.6 Å². The minimum atomic E-state index is -2.57. The van der Waals surface area contributed by atoms with Crippen molar-refractivity contribution in [3.05, 3.63) is 39.5 Å². The van der Waals surface area contributed by atoms with Crippen LogP contribution < -0.4 is 10.2 Å². The zero-order valence-electron chi connectivity index (χ0n) is 20.4. The van der Waals surface area contributed by atoms with Gasteiger partial charge in [-0.15, -0.1) is 11.3 Å². The molecular weight excluding hydrogens is 468 g/mol. The second-order valence-electron chi connectivity index (χ2n) is 10.4. The van der Waals surface area contributed by atoms with Gasteiger partial charge in [0, 0.05) is 42.3 Å². The maximum Gasteiger partial charge on any atom is 0.282 e. The van der Waals surface area contributed by atoms with Gasteiger partial charge in [-0.1, -0.05) is 6.07 Å². The molecule has 9 heteroatoms. The molecule has 2 aromatic heterocycles. The molecule has 0 bridgehead atoms. The van der Waals surface area contributed by atoms with E-state index in [-0.39, 0.29) is 19.0 Å². The van der Waals surface area contributed by atoms with Gasteiger partial charge in [0.25, 0.3) is 5.92 Å². The average molecular weight is 504 g/mol. The minimum Gasteiger partial charge on any atom is -0.353 e. The third-order valence-electron chi connectivity index (χ3n) is 7.65. The Kier molecular flexibility index (Phi) is 7.34. The second kappa shape index (κ2) is 10.5. The Labute approximate surface area is 210 Å². The summed E-state index contributed by atoms with van der Waals surface area (Å²) in [4.78, 5) is 26.5. The fraction of sp³-hybridized carbons (Fsp3) is 0.654. The number of aromatic nitrogens is 2. The third-order valence-corrected chi connectivity index (χ3v) is 8.57. The van der Waals surface area contributed by atoms with Gasteiger partial charge in [-0.2, -0.15) is 0 Å². The summed E-state index contributed by atoms with van der Waals surface area (Å²) in [5.74, 6) is -1.05. The Morgan fingerprint density at radius 3 is 2.66 bits per heavy atom. The quantitative estimate of drug-likeness (QED) is 0.619. The Bertz CT molecular complexity index is 1030. The predicted octanol–water partition coefficient (Wildman–Crippen LogP) is 4.01. The summed E-state index contributed by atoms with van der Waals surface area (Å²) in [5.41, 5.74) is 2.33. The first-order valence-corrected chi connectivity index (χ1v) is 13.7. The number of anilines is 1. The molecular formula is C26H35F2N5OS. The van der Waals surface area contributed by atoms with E-state index >= 15 is 0 Å². The molecule has 2 aliphatic heterocycles. The molecule has 35 heavy (non-hydrogen) atoms. The fourth-order valence-electron chi connectivity index (χ4n) is 5.58. The predicted molar refractivity (Wildman–Crippen MR) is 134 cm³/mol. The number of aryl methyl sites for hydroxylation is 1. The maximum atomic E-state index is 13.2. The second-order valence-corrected chi connectivity index (χ2v) is 11.7. The number of pyridine rings is 1. The van der Waals surface area contributed by atoms with E-state index in [0.717, 1.165) is 66.8 Å². The molecule has 0 unspecified atom stereocenters. The highest BCUT2D eigenvalue weighted by Crippen LogP contribution is 2.32. The average Bonchev–Trinajstić information content (AvgIpc) is 3.10. The van der Waals surface area contributed by atoms with Gasteiger partial charge in [0.1, 0.15) is 5.82 Å². The van der Waals surface area contributed by atoms with Gasteiger partial charge < -0.3 is 15.1 Å². The summed E-state index contributed by atoms with van der Waals surface area (Å²) in [6.45, 7) is 4.61. The molecule has 0 aromatic carbocycles. The van der Waals surface area contributed by atoms with Crippen molar-refractivity contribution in [2.75, 3.05) is 37.6 Å². The molecule has 0 radical (unpaired) electrons. The normalized spacial score (nSPS) is 24.4. The topological polar surface area (TPSA) is 61.4 Å². The number of thiazole rings is 1. The fourth-order valence-corrected chi connectivity index (χ4v) is 6.37. The van der Waals surface area contributed by atoms with E-state index in [1.807, 2.05) is 13.0 Å². The maximum absolute atomic E-state index is 13.2. The number of halogens is 2. The highest BCUT2D eigenvalue weighted by molar-refractivity contribution is 7.11. The lowest BCUT2D eigenvalue weighted by atomic mass is 9.84. The summed E-state index contributed by atoms with van der Waals surface area (Å²) >= 11 is 1.59. The van der Waals surface area contributed by atoms with Gasteiger partial charge in [0.2, 0.25) is 5.91 Å². The summed E-state index contributed by atoms with van der Waals surface area (Å²) < 4.78 is 26.5. The van der Waals surface area contributed by atoms with Crippen molar-refractivity contribution in [1.82, 2.24) is 20.2 Å². The lowest BCUT2D eigenvalue weighted by molar-refractivity contribution is -0.121. The van der Waals surface area contributed by atoms with Crippen LogP contribution in [0.3, 0.4) is 0 Å². The van der Waals surface area contributed by atoms with E-state index in [2.05, 4.69) is 21.3 Å². The van der Waals surface area contributed by atoms with E-state index < -0.39 is 5.92 Å². The number of alkyl halides is 2. The largest absolute Gasteiger partial charge is 0.353 e. The minimum absolute atomic E-state index is 0.112. The molecule has 1 N–H and O–H groups in total. The smallest absolute Gasteiger partial charge is 0.282 e. The number of hydrogen-bond donors (Lipinski definition) is 1. The standard InChI is InChI=1S/C26H35F2N5OS/c1-18-29-15-22(35-18)14-25(34)30-21-5-2-19(3-6-21)8-11-32-12-9-20-4-7-24(31-23(20)10-13-32)33-16-26(27,28)17-33/h4,7,15,19,21H,2-3,5-6,8-14,16-17H2,1H3,(H,30,34)/t19-,21-. The van der Waals surface area contributed by atoms with Gasteiger partial charge in [0.05, 0.1) is 24.5 Å². The third kappa shape index (κ3) is 6.36. The van der Waals surface area contributed by atoms with Crippen molar-refractivity contribution < 1.29 is 13.6 Å². The van der Waals surface area contributed by atoms with Crippen LogP contribution in [0.25, 0.3) is 0 Å². The van der Waals surface area contributed by atoms with Crippen molar-refractivity contribution >= 4 is 23.1 Å². The molecule has 1 aliphatic carbocycles. The molecule has 3 aliphatic rings. The molecule has 2 aromatic rings. The van der Waals surface area contributed by atoms with Gasteiger partial charge in [-0.25, -0.2) is 18.7 Å². The SMILES string of the molecule is Cc1ncc(CC(=O)N[C@H]2CC[C@H](CCN3CCc4ccc(N5CC(F)(F)C5)nc4CC3)CC2)s1. The highest BCUT2D eigenvalue weighted by Gasteiger charge is 2.44. The van der Waals surface area contributed by atoms with Crippen molar-refractivity contribution in [2.45, 2.75) is 70.3 Å². The molecule has 0 atom stereocenters. The summed E-state index contributed by atoms with van der Waals surface area (Å²) in [5, 5.41) is 4.23. The van der Waals surface area contributed by atoms with Crippen LogP contribution in [-0.2, 0) is 24.1 Å². The lowest BCUT2D eigenvalue weighted by Gasteiger charge is -2.39. The van der Waals surface area contributed by atoms with Crippen LogP contribution in [0.1, 0.15) is 53.2 Å². The number of amides is 1. The van der Waals surface area contributed by atoms with Gasteiger partial charge in [-0.3, -0.25) is 4.79 Å². The van der Waals surface area contributed by atoms with Crippen LogP contribution >= 0.6 is 11.3 Å². The van der Waals surface area contributed by atoms with Crippen molar-refractivity contribution in [3.8, 4) is 0 Å². The van der Waals surface area contributed by atoms with Crippen LogP contribution in [0.4, 0.5) is 14.6 Å². The highest BCUT2D eigenvalue weighted by atomic mass is 32.1. The summed E-state index contributed by atoms with van der Waals surface area (Å²) in [6.07, 6.45) is 9.75. The molecule has 4 heterocycles. The Balaban J connectivity index is 1.02. The Hall–Kier alpha value is -2.13. The zero-order chi connectivity index (χ0) is 24.4. The zero-order valence-corrected chi connectivity index (χ0v) is 21.3. The number of nitrogens with one attached hydrogen (secondary N) is 1. The first-order chi connectivity index (χ1) is 16.8. The number of nitrogens with zero attached hydrogens (tertiary/aromatic N) is 4. The first-order valence-electron chi connectivity index (χ1n) is 12.9. The van der Waals surface area contributed by atoms with Crippen LogP contribution in [0.2, 0.25) is 0 Å². The van der Waals surface area contributed by atoms with E-state index in [1.54, 1.807) is 22.4 Å². The number of carbonyl (C=O) groups is 1. The molecule has 5 rings (SSSR count). The van der Waals surface area contributed by atoms with Crippen LogP contribution in [0.15, 0.2) is 18.3 Å². The number of rotatable bonds is 7. The molecule has 1 amide bonds. The van der Waals surface area contributed by atoms with E-state index in [4.69, 9.17) is 4.98 Å². The molecule has 0 spiro atoms. The summed E-state index contributed by atoms with van der Waals surface area (Å²) in [7, 11) is 0. The van der Waals surface area contributed by atoms with Crippen molar-refractivity contribution in [3.63, 3.8) is 0 Å². The van der Waals surface area contributed by atoms with E-state index in [1.165, 1.54) is 24.8 Å². The summed E-state index contributed by atoms with van der Waals surface area (Å²) in [6, 6.07) is 4.29. The molecule has 190 valence electrons. The van der Waals surface area contributed by atoms with Crippen LogP contribution in [-0.4, -0.2) is 65.5 Å². The first kappa shape index (κ1) is 24.6. The van der Waals surface area contributed by atoms with E-state index in [0.29, 0.717) is 18.3 Å². The van der Waals surface area contributed by atoms with Crippen LogP contribution in [0, 0.1) is 12.8 Å². The molecule has 1 saturated carbocycles. The van der Waals surface area contributed by atoms with Crippen molar-refractivity contribution in [1.29, 1.82) is 0 Å². The van der Waals surface area contributed by atoms with Gasteiger partial charge >= 0.3 is 0 Å². The number of fused-ring (bicyclic) bond motifs is 1. The Morgan fingerprint density at radius 1 is 1.17 bits per heavy atom. The number of hydrogen-bond acceptors (Lipinski definition) is 6. The number of carbonyl (C=O) groups excluding carboxylic acids is 1.